The minimum atomic E-state index is -1.25. The number of benzene rings is 1. The maximum atomic E-state index is 11.9. The summed E-state index contributed by atoms with van der Waals surface area (Å²) in [6, 6.07) is 5.67. The van der Waals surface area contributed by atoms with Crippen LogP contribution in [0, 0.1) is 0 Å². The van der Waals surface area contributed by atoms with Gasteiger partial charge in [0.1, 0.15) is 6.04 Å². The zero-order valence-corrected chi connectivity index (χ0v) is 12.7. The maximum absolute atomic E-state index is 11.9. The highest BCUT2D eigenvalue weighted by atomic mass is 16.4. The Balaban J connectivity index is 2.56. The van der Waals surface area contributed by atoms with Crippen LogP contribution >= 0.6 is 0 Å². The van der Waals surface area contributed by atoms with Crippen LogP contribution in [0.1, 0.15) is 26.7 Å². The quantitative estimate of drug-likeness (QED) is 0.575. The van der Waals surface area contributed by atoms with Gasteiger partial charge in [-0.25, -0.2) is 0 Å². The number of hydrogen-bond acceptors (Lipinski definition) is 4. The number of hydrogen-bond donors (Lipinski definition) is 3. The average Bonchev–Trinajstić information content (AvgIpc) is 2.44. The van der Waals surface area contributed by atoms with Crippen LogP contribution in [-0.4, -0.2) is 30.4 Å². The van der Waals surface area contributed by atoms with Crippen molar-refractivity contribution in [1.82, 2.24) is 0 Å². The molecule has 0 fully saturated rings. The van der Waals surface area contributed by atoms with E-state index < -0.39 is 17.9 Å². The van der Waals surface area contributed by atoms with E-state index in [2.05, 4.69) is 10.6 Å². The number of carbonyl (C=O) groups is 3. The van der Waals surface area contributed by atoms with Crippen molar-refractivity contribution in [2.45, 2.75) is 32.7 Å². The molecule has 1 aromatic rings. The molecule has 4 N–H and O–H groups in total. The molecule has 1 atom stereocenters. The van der Waals surface area contributed by atoms with E-state index in [4.69, 9.17) is 0 Å². The van der Waals surface area contributed by atoms with Gasteiger partial charge in [0.25, 0.3) is 0 Å². The van der Waals surface area contributed by atoms with Crippen molar-refractivity contribution in [1.29, 1.82) is 0 Å². The van der Waals surface area contributed by atoms with E-state index in [1.807, 2.05) is 6.92 Å². The van der Waals surface area contributed by atoms with Crippen LogP contribution in [0.25, 0.3) is 0 Å². The molecule has 7 nitrogen and oxygen atoms in total. The summed E-state index contributed by atoms with van der Waals surface area (Å²) in [6.45, 7) is 3.96. The Morgan fingerprint density at radius 1 is 1.14 bits per heavy atom. The second-order valence-corrected chi connectivity index (χ2v) is 4.96. The van der Waals surface area contributed by atoms with Gasteiger partial charge in [0.15, 0.2) is 0 Å². The summed E-state index contributed by atoms with van der Waals surface area (Å²) in [5, 5.41) is 17.8. The van der Waals surface area contributed by atoms with Crippen molar-refractivity contribution in [3.63, 3.8) is 0 Å². The predicted molar refractivity (Wildman–Crippen MR) is 79.9 cm³/mol. The van der Waals surface area contributed by atoms with Gasteiger partial charge in [-0.1, -0.05) is 6.92 Å². The van der Waals surface area contributed by atoms with Crippen LogP contribution in [0.4, 0.5) is 11.4 Å². The van der Waals surface area contributed by atoms with Gasteiger partial charge in [0.2, 0.25) is 11.8 Å². The molecule has 0 aliphatic rings. The molecule has 0 radical (unpaired) electrons. The minimum absolute atomic E-state index is 0.157. The van der Waals surface area contributed by atoms with E-state index in [1.54, 1.807) is 29.6 Å². The van der Waals surface area contributed by atoms with Crippen molar-refractivity contribution in [2.24, 2.45) is 0 Å². The highest BCUT2D eigenvalue weighted by Gasteiger charge is 2.17. The molecule has 0 unspecified atom stereocenters. The van der Waals surface area contributed by atoms with Crippen molar-refractivity contribution >= 4 is 29.2 Å². The molecule has 0 bridgehead atoms. The van der Waals surface area contributed by atoms with E-state index in [0.29, 0.717) is 17.9 Å². The van der Waals surface area contributed by atoms with Gasteiger partial charge in [0.05, 0.1) is 18.9 Å². The first-order chi connectivity index (χ1) is 10.4. The molecule has 22 heavy (non-hydrogen) atoms. The number of amides is 2. The van der Waals surface area contributed by atoms with Crippen LogP contribution < -0.4 is 21.1 Å². The van der Waals surface area contributed by atoms with Crippen molar-refractivity contribution in [2.75, 3.05) is 17.2 Å². The van der Waals surface area contributed by atoms with Gasteiger partial charge in [-0.15, -0.1) is 0 Å². The summed E-state index contributed by atoms with van der Waals surface area (Å²) in [5.41, 5.74) is 1.15. The Labute approximate surface area is 129 Å². The lowest BCUT2D eigenvalue weighted by molar-refractivity contribution is -0.682. The van der Waals surface area contributed by atoms with Crippen LogP contribution in [-0.2, 0) is 14.4 Å². The molecule has 1 rings (SSSR count). The number of quaternary nitrogens is 1. The number of nitrogens with two attached hydrogens (primary N) is 1. The molecule has 7 heteroatoms. The van der Waals surface area contributed by atoms with Crippen LogP contribution in [0.3, 0.4) is 0 Å². The average molecular weight is 307 g/mol. The number of nitrogens with one attached hydrogen (secondary N) is 2. The van der Waals surface area contributed by atoms with Crippen molar-refractivity contribution in [3.05, 3.63) is 24.3 Å². The second-order valence-electron chi connectivity index (χ2n) is 4.96. The summed E-state index contributed by atoms with van der Waals surface area (Å²) in [4.78, 5) is 33.7. The molecule has 0 heterocycles. The summed E-state index contributed by atoms with van der Waals surface area (Å²) in [6.07, 6.45) is 0.659. The largest absolute Gasteiger partial charge is 0.544 e. The van der Waals surface area contributed by atoms with E-state index in [0.717, 1.165) is 6.42 Å². The van der Waals surface area contributed by atoms with Gasteiger partial charge in [-0.2, -0.15) is 0 Å². The van der Waals surface area contributed by atoms with Crippen molar-refractivity contribution in [3.8, 4) is 0 Å². The van der Waals surface area contributed by atoms with Crippen molar-refractivity contribution < 1.29 is 24.8 Å². The van der Waals surface area contributed by atoms with Gasteiger partial charge in [0, 0.05) is 18.3 Å². The number of aliphatic carboxylic acids is 1. The highest BCUT2D eigenvalue weighted by Crippen LogP contribution is 2.13. The Hall–Kier alpha value is -2.41. The zero-order chi connectivity index (χ0) is 16.5. The SMILES string of the molecule is CCC[NH2+][C@@H](CC(=O)Nc1ccc(NC(C)=O)cc1)C(=O)[O-]. The number of carboxylic acid groups (broad SMARTS) is 1. The number of anilines is 2. The summed E-state index contributed by atoms with van der Waals surface area (Å²) < 4.78 is 0. The summed E-state index contributed by atoms with van der Waals surface area (Å²) in [7, 11) is 0. The van der Waals surface area contributed by atoms with Gasteiger partial charge in [-0.05, 0) is 30.7 Å². The molecule has 0 saturated heterocycles. The molecule has 0 aliphatic carbocycles. The third-order valence-corrected chi connectivity index (χ3v) is 2.94. The fraction of sp³-hybridized carbons (Fsp3) is 0.400. The lowest BCUT2D eigenvalue weighted by Crippen LogP contribution is -2.93. The first-order valence-electron chi connectivity index (χ1n) is 7.14. The topological polar surface area (TPSA) is 115 Å². The lowest BCUT2D eigenvalue weighted by Gasteiger charge is -2.16. The van der Waals surface area contributed by atoms with Crippen LogP contribution in [0.5, 0.6) is 0 Å². The number of rotatable bonds is 8. The number of carboxylic acids is 1. The molecule has 0 aliphatic heterocycles. The standard InChI is InChI=1S/C15H21N3O4/c1-3-8-16-13(15(21)22)9-14(20)18-12-6-4-11(5-7-12)17-10(2)19/h4-7,13,16H,3,8-9H2,1-2H3,(H,17,19)(H,18,20)(H,21,22)/t13-/m0/s1. The molecule has 120 valence electrons. The Kier molecular flexibility index (Phi) is 7.04. The third-order valence-electron chi connectivity index (χ3n) is 2.94. The smallest absolute Gasteiger partial charge is 0.230 e. The zero-order valence-electron chi connectivity index (χ0n) is 12.7. The molecule has 0 aromatic heterocycles. The fourth-order valence-corrected chi connectivity index (χ4v) is 1.88. The molecule has 0 spiro atoms. The third kappa shape index (κ3) is 6.36. The Morgan fingerprint density at radius 2 is 1.68 bits per heavy atom. The number of carbonyl (C=O) groups excluding carboxylic acids is 3. The summed E-state index contributed by atoms with van der Waals surface area (Å²) >= 11 is 0. The van der Waals surface area contributed by atoms with E-state index in [-0.39, 0.29) is 12.3 Å². The highest BCUT2D eigenvalue weighted by molar-refractivity contribution is 5.94. The van der Waals surface area contributed by atoms with E-state index in [9.17, 15) is 19.5 Å². The Morgan fingerprint density at radius 3 is 2.14 bits per heavy atom. The normalized spacial score (nSPS) is 11.5. The summed E-state index contributed by atoms with van der Waals surface area (Å²) in [5.74, 6) is -1.82. The monoisotopic (exact) mass is 307 g/mol. The van der Waals surface area contributed by atoms with E-state index in [1.165, 1.54) is 6.92 Å². The van der Waals surface area contributed by atoms with Gasteiger partial charge >= 0.3 is 0 Å². The minimum Gasteiger partial charge on any atom is -0.544 e. The van der Waals surface area contributed by atoms with E-state index >= 15 is 0 Å². The first kappa shape index (κ1) is 17.6. The molecular weight excluding hydrogens is 286 g/mol. The fourth-order valence-electron chi connectivity index (χ4n) is 1.88. The van der Waals surface area contributed by atoms with Crippen LogP contribution in [0.15, 0.2) is 24.3 Å². The molecule has 2 amide bonds. The molecule has 1 aromatic carbocycles. The second kappa shape index (κ2) is 8.78. The molecular formula is C15H21N3O4. The maximum Gasteiger partial charge on any atom is 0.230 e. The Bertz CT molecular complexity index is 528. The lowest BCUT2D eigenvalue weighted by atomic mass is 10.2. The van der Waals surface area contributed by atoms with Gasteiger partial charge in [-0.3, -0.25) is 9.59 Å². The van der Waals surface area contributed by atoms with Gasteiger partial charge < -0.3 is 25.9 Å². The first-order valence-corrected chi connectivity index (χ1v) is 7.14. The molecule has 0 saturated carbocycles. The van der Waals surface area contributed by atoms with Crippen LogP contribution in [0.2, 0.25) is 0 Å². The predicted octanol–water partition coefficient (Wildman–Crippen LogP) is -0.934.